The summed E-state index contributed by atoms with van der Waals surface area (Å²) >= 11 is 6.43. The summed E-state index contributed by atoms with van der Waals surface area (Å²) < 4.78 is 0. The van der Waals surface area contributed by atoms with Crippen molar-refractivity contribution in [3.05, 3.63) is 36.8 Å². The van der Waals surface area contributed by atoms with Crippen LogP contribution >= 0.6 is 58.8 Å². The minimum absolute atomic E-state index is 0. The molecule has 5 atom stereocenters. The van der Waals surface area contributed by atoms with Crippen molar-refractivity contribution in [1.29, 1.82) is 0 Å². The Bertz CT molecular complexity index is 1340. The number of ketones is 2. The van der Waals surface area contributed by atoms with E-state index in [0.717, 1.165) is 17.3 Å². The number of hydrogen-bond donors (Lipinski definition) is 5. The highest BCUT2D eigenvalue weighted by molar-refractivity contribution is 8.15. The number of hydrogen-bond acceptors (Lipinski definition) is 17. The molecule has 304 valence electrons. The Morgan fingerprint density at radius 2 is 0.717 bits per heavy atom. The van der Waals surface area contributed by atoms with Gasteiger partial charge in [0, 0.05) is 103 Å². The van der Waals surface area contributed by atoms with Crippen molar-refractivity contribution in [2.75, 3.05) is 41.9 Å². The summed E-state index contributed by atoms with van der Waals surface area (Å²) in [4.78, 5) is 97.1. The van der Waals surface area contributed by atoms with Crippen LogP contribution in [0.4, 0.5) is 0 Å². The monoisotopic (exact) mass is 841 g/mol. The largest absolute Gasteiger partial charge is 0.402 e. The van der Waals surface area contributed by atoms with Gasteiger partial charge in [0.05, 0.1) is 24.9 Å². The minimum Gasteiger partial charge on any atom is -0.402 e. The van der Waals surface area contributed by atoms with Gasteiger partial charge in [-0.2, -0.15) is 0 Å². The highest BCUT2D eigenvalue weighted by Gasteiger charge is 2.30. The van der Waals surface area contributed by atoms with E-state index in [4.69, 9.17) is 17.2 Å². The zero-order valence-corrected chi connectivity index (χ0v) is 34.0. The van der Waals surface area contributed by atoms with E-state index in [9.17, 15) is 43.2 Å². The van der Waals surface area contributed by atoms with Gasteiger partial charge in [-0.05, 0) is 13.8 Å². The van der Waals surface area contributed by atoms with Crippen LogP contribution in [0.1, 0.15) is 53.1 Å². The minimum atomic E-state index is -0.239. The molecule has 0 unspecified atom stereocenters. The van der Waals surface area contributed by atoms with Gasteiger partial charge in [0.2, 0.25) is 11.8 Å². The van der Waals surface area contributed by atoms with Crippen LogP contribution < -0.4 is 27.8 Å². The first-order valence-corrected chi connectivity index (χ1v) is 21.4. The van der Waals surface area contributed by atoms with Gasteiger partial charge < -0.3 is 27.8 Å². The number of allylic oxidation sites excluding steroid dienone is 3. The van der Waals surface area contributed by atoms with Crippen molar-refractivity contribution in [3.63, 3.8) is 0 Å². The summed E-state index contributed by atoms with van der Waals surface area (Å²) in [5.74, 6) is 3.28. The van der Waals surface area contributed by atoms with E-state index in [1.807, 2.05) is 0 Å². The van der Waals surface area contributed by atoms with Crippen LogP contribution in [0.5, 0.6) is 0 Å². The lowest BCUT2D eigenvalue weighted by atomic mass is 10.1. The maximum atomic E-state index is 11.3. The molecule has 0 aromatic heterocycles. The van der Waals surface area contributed by atoms with Crippen molar-refractivity contribution < 1.29 is 50.3 Å². The average molecular weight is 842 g/mol. The zero-order chi connectivity index (χ0) is 40.2. The van der Waals surface area contributed by atoms with E-state index in [1.165, 1.54) is 72.7 Å². The number of thioether (sulfide) groups is 5. The number of Topliss-reactive ketones (excluding diaryl/α,β-unsaturated/α-hetero) is 2. The molecule has 5 rings (SSSR count). The zero-order valence-electron chi connectivity index (χ0n) is 29.9. The smallest absolute Gasteiger partial charge is 0.224 e. The number of carbonyl (C=O) groups is 9. The molecular formula is C34H59N5O9S5. The third-order valence-electron chi connectivity index (χ3n) is 7.63. The summed E-state index contributed by atoms with van der Waals surface area (Å²) in [6.45, 7) is 13.7. The van der Waals surface area contributed by atoms with E-state index in [1.54, 1.807) is 0 Å². The molecule has 0 aromatic rings. The summed E-state index contributed by atoms with van der Waals surface area (Å²) in [6, 6.07) is 0. The summed E-state index contributed by atoms with van der Waals surface area (Å²) in [7, 11) is 0. The molecule has 0 bridgehead atoms. The number of rotatable bonds is 9. The first-order chi connectivity index (χ1) is 24.8. The van der Waals surface area contributed by atoms with Gasteiger partial charge in [-0.3, -0.25) is 43.2 Å². The first kappa shape index (κ1) is 48.0. The maximum Gasteiger partial charge on any atom is 0.224 e. The van der Waals surface area contributed by atoms with Gasteiger partial charge in [-0.25, -0.2) is 0 Å². The SMILES string of the molecule is C=C(N)[C@H]1CSC(=O)C1.C=C(N)[C@H]1CSC(=O)C1.C=C(N)[C@H]1CSC(=O)C1.CC(=O)CNC(=O)[C@H]1CSC(=O)C1.CC(=O)CNC(=O)[C@H]1CSC(=O)C1.[HH].[HH].[HH].[HH].[HH]. The Labute approximate surface area is 338 Å². The highest BCUT2D eigenvalue weighted by Crippen LogP contribution is 2.29. The lowest BCUT2D eigenvalue weighted by Gasteiger charge is -2.06. The Balaban J connectivity index is -0.000000199. The Hall–Kier alpha value is -3.00. The third-order valence-corrected chi connectivity index (χ3v) is 12.9. The molecule has 8 N–H and O–H groups in total. The number of carbonyl (C=O) groups excluding carboxylic acids is 9. The fourth-order valence-electron chi connectivity index (χ4n) is 4.33. The van der Waals surface area contributed by atoms with E-state index in [2.05, 4.69) is 30.4 Å². The van der Waals surface area contributed by atoms with Crippen LogP contribution in [0.25, 0.3) is 0 Å². The maximum absolute atomic E-state index is 11.3. The van der Waals surface area contributed by atoms with Crippen molar-refractivity contribution in [1.82, 2.24) is 10.6 Å². The van der Waals surface area contributed by atoms with E-state index in [0.29, 0.717) is 60.7 Å². The number of amides is 2. The molecule has 0 aliphatic carbocycles. The molecule has 5 aliphatic heterocycles. The second-order valence-electron chi connectivity index (χ2n) is 12.5. The van der Waals surface area contributed by atoms with Crippen molar-refractivity contribution in [2.45, 2.75) is 46.0 Å². The van der Waals surface area contributed by atoms with Gasteiger partial charge in [-0.15, -0.1) is 0 Å². The Morgan fingerprint density at radius 3 is 0.849 bits per heavy atom. The van der Waals surface area contributed by atoms with Crippen molar-refractivity contribution in [3.8, 4) is 0 Å². The molecular weight excluding hydrogens is 783 g/mol. The molecule has 5 saturated heterocycles. The Kier molecular flexibility index (Phi) is 22.8. The van der Waals surface area contributed by atoms with Crippen LogP contribution in [0, 0.1) is 29.6 Å². The molecule has 53 heavy (non-hydrogen) atoms. The second-order valence-corrected chi connectivity index (χ2v) is 17.9. The molecule has 14 nitrogen and oxygen atoms in total. The average Bonchev–Trinajstić information content (AvgIpc) is 3.93. The highest BCUT2D eigenvalue weighted by atomic mass is 32.2. The quantitative estimate of drug-likeness (QED) is 0.223. The fourth-order valence-corrected chi connectivity index (χ4v) is 9.39. The van der Waals surface area contributed by atoms with Crippen LogP contribution in [-0.4, -0.2) is 90.8 Å². The standard InChI is InChI=1S/2C8H11NO3S.3C6H9NOS.5H2/c2*1-5(10)3-9-8(12)6-2-7(11)13-4-6;3*1-4(7)5-2-6(8)9-3-5;;;;;/h2*6H,2-4H2,1H3,(H,9,12);3*5H,1-3,7H2;5*1H/t2*6-;3*5-;;;;;/m11111...../s1. The first-order valence-electron chi connectivity index (χ1n) is 16.4. The van der Waals surface area contributed by atoms with E-state index in [-0.39, 0.29) is 98.8 Å². The van der Waals surface area contributed by atoms with Gasteiger partial charge >= 0.3 is 0 Å². The van der Waals surface area contributed by atoms with Gasteiger partial charge in [-0.1, -0.05) is 78.5 Å². The second kappa shape index (κ2) is 25.1. The number of nitrogens with one attached hydrogen (secondary N) is 2. The lowest BCUT2D eigenvalue weighted by Crippen LogP contribution is -2.34. The molecule has 2 amide bonds. The topological polar surface area (TPSA) is 256 Å². The van der Waals surface area contributed by atoms with Crippen LogP contribution in [0.2, 0.25) is 0 Å². The van der Waals surface area contributed by atoms with Crippen molar-refractivity contribution >= 4 is 108 Å². The fraction of sp³-hybridized carbons (Fsp3) is 0.559. The molecule has 5 heterocycles. The molecule has 19 heteroatoms. The predicted octanol–water partition coefficient (Wildman–Crippen LogP) is 3.39. The molecule has 5 fully saturated rings. The van der Waals surface area contributed by atoms with Crippen LogP contribution in [0.3, 0.4) is 0 Å². The summed E-state index contributed by atoms with van der Waals surface area (Å²) in [6.07, 6.45) is 2.35. The van der Waals surface area contributed by atoms with Gasteiger partial charge in [0.25, 0.3) is 0 Å². The van der Waals surface area contributed by atoms with Crippen LogP contribution in [0.15, 0.2) is 36.8 Å². The lowest BCUT2D eigenvalue weighted by molar-refractivity contribution is -0.128. The normalized spacial score (nSPS) is 24.2. The van der Waals surface area contributed by atoms with Gasteiger partial charge in [0.1, 0.15) is 11.6 Å². The predicted molar refractivity (Wildman–Crippen MR) is 226 cm³/mol. The van der Waals surface area contributed by atoms with E-state index >= 15 is 0 Å². The molecule has 5 aliphatic rings. The summed E-state index contributed by atoms with van der Waals surface area (Å²) in [5.41, 5.74) is 18.1. The Morgan fingerprint density at radius 1 is 0.509 bits per heavy atom. The van der Waals surface area contributed by atoms with E-state index < -0.39 is 0 Å². The van der Waals surface area contributed by atoms with Crippen LogP contribution in [-0.2, 0) is 43.2 Å². The molecule has 0 radical (unpaired) electrons. The third kappa shape index (κ3) is 20.9. The molecule has 0 aromatic carbocycles. The molecule has 0 saturated carbocycles. The summed E-state index contributed by atoms with van der Waals surface area (Å²) in [5, 5.41) is 5.82. The number of nitrogens with two attached hydrogens (primary N) is 3. The molecule has 0 spiro atoms. The van der Waals surface area contributed by atoms with Crippen molar-refractivity contribution in [2.24, 2.45) is 46.8 Å². The van der Waals surface area contributed by atoms with Gasteiger partial charge in [0.15, 0.2) is 25.6 Å².